The molecule has 4 nitrogen and oxygen atoms in total. The molecule has 0 radical (unpaired) electrons. The Morgan fingerprint density at radius 2 is 1.80 bits per heavy atom. The Balaban J connectivity index is 1.58. The van der Waals surface area contributed by atoms with Crippen molar-refractivity contribution in [3.63, 3.8) is 0 Å². The van der Waals surface area contributed by atoms with Gasteiger partial charge in [0.2, 0.25) is 0 Å². The van der Waals surface area contributed by atoms with Crippen LogP contribution in [-0.4, -0.2) is 29.1 Å². The van der Waals surface area contributed by atoms with E-state index < -0.39 is 5.97 Å². The third-order valence-electron chi connectivity index (χ3n) is 4.49. The van der Waals surface area contributed by atoms with E-state index in [1.165, 1.54) is 29.9 Å². The lowest BCUT2D eigenvalue weighted by Gasteiger charge is -2.17. The lowest BCUT2D eigenvalue weighted by atomic mass is 10.1. The van der Waals surface area contributed by atoms with Crippen LogP contribution in [0.5, 0.6) is 0 Å². The molecule has 2 heterocycles. The van der Waals surface area contributed by atoms with E-state index in [0.717, 1.165) is 34.9 Å². The van der Waals surface area contributed by atoms with E-state index in [1.54, 1.807) is 18.2 Å². The molecule has 0 saturated carbocycles. The largest absolute Gasteiger partial charge is 0.478 e. The van der Waals surface area contributed by atoms with Crippen LogP contribution in [0.3, 0.4) is 0 Å². The first-order valence-corrected chi connectivity index (χ1v) is 9.23. The van der Waals surface area contributed by atoms with E-state index in [-0.39, 0.29) is 5.56 Å². The molecule has 0 unspecified atom stereocenters. The Bertz CT molecular complexity index is 896. The van der Waals surface area contributed by atoms with Gasteiger partial charge in [-0.2, -0.15) is 0 Å². The zero-order chi connectivity index (χ0) is 17.2. The molecule has 2 aromatic carbocycles. The van der Waals surface area contributed by atoms with Crippen molar-refractivity contribution in [3.05, 3.63) is 59.5 Å². The van der Waals surface area contributed by atoms with Gasteiger partial charge in [-0.05, 0) is 37.1 Å². The van der Waals surface area contributed by atoms with Crippen LogP contribution >= 0.6 is 11.3 Å². The van der Waals surface area contributed by atoms with Gasteiger partial charge in [-0.1, -0.05) is 24.3 Å². The summed E-state index contributed by atoms with van der Waals surface area (Å²) in [6.45, 7) is 2.28. The molecule has 1 aliphatic heterocycles. The van der Waals surface area contributed by atoms with Gasteiger partial charge in [-0.25, -0.2) is 9.78 Å². The predicted molar refractivity (Wildman–Crippen MR) is 101 cm³/mol. The summed E-state index contributed by atoms with van der Waals surface area (Å²) in [5.74, 6) is -0.920. The van der Waals surface area contributed by atoms with Crippen LogP contribution in [0.25, 0.3) is 21.8 Å². The standard InChI is InChI=1S/C20H18N2O2S/c23-20(24)16-5-3-4-15(12-16)19-21-18(13-25-19)14-6-8-17(9-7-14)22-10-1-2-11-22/h3-9,12-13H,1-2,10-11H2,(H,23,24). The van der Waals surface area contributed by atoms with Gasteiger partial charge in [0.05, 0.1) is 11.3 Å². The Kier molecular flexibility index (Phi) is 4.24. The molecular weight excluding hydrogens is 332 g/mol. The molecule has 5 heteroatoms. The van der Waals surface area contributed by atoms with E-state index >= 15 is 0 Å². The Morgan fingerprint density at radius 3 is 2.52 bits per heavy atom. The van der Waals surface area contributed by atoms with Crippen molar-refractivity contribution in [3.8, 4) is 21.8 Å². The SMILES string of the molecule is O=C(O)c1cccc(-c2nc(-c3ccc(N4CCCC4)cc3)cs2)c1. The van der Waals surface area contributed by atoms with Crippen LogP contribution < -0.4 is 4.90 Å². The van der Waals surface area contributed by atoms with Gasteiger partial charge in [-0.3, -0.25) is 0 Å². The fraction of sp³-hybridized carbons (Fsp3) is 0.200. The van der Waals surface area contributed by atoms with Crippen molar-refractivity contribution in [2.75, 3.05) is 18.0 Å². The lowest BCUT2D eigenvalue weighted by molar-refractivity contribution is 0.0697. The average molecular weight is 350 g/mol. The van der Waals surface area contributed by atoms with Gasteiger partial charge in [0, 0.05) is 35.3 Å². The molecule has 1 saturated heterocycles. The molecule has 25 heavy (non-hydrogen) atoms. The van der Waals surface area contributed by atoms with Crippen LogP contribution in [0, 0.1) is 0 Å². The number of aromatic nitrogens is 1. The van der Waals surface area contributed by atoms with Crippen molar-refractivity contribution in [2.45, 2.75) is 12.8 Å². The van der Waals surface area contributed by atoms with Gasteiger partial charge in [-0.15, -0.1) is 11.3 Å². The zero-order valence-corrected chi connectivity index (χ0v) is 14.5. The molecule has 0 aliphatic carbocycles. The second-order valence-electron chi connectivity index (χ2n) is 6.16. The van der Waals surface area contributed by atoms with Gasteiger partial charge in [0.15, 0.2) is 0 Å². The van der Waals surface area contributed by atoms with Crippen LogP contribution in [0.1, 0.15) is 23.2 Å². The first-order valence-electron chi connectivity index (χ1n) is 8.35. The smallest absolute Gasteiger partial charge is 0.335 e. The molecule has 0 bridgehead atoms. The third kappa shape index (κ3) is 3.28. The summed E-state index contributed by atoms with van der Waals surface area (Å²) in [7, 11) is 0. The Morgan fingerprint density at radius 1 is 1.04 bits per heavy atom. The topological polar surface area (TPSA) is 53.4 Å². The molecule has 1 aliphatic rings. The van der Waals surface area contributed by atoms with E-state index in [0.29, 0.717) is 0 Å². The highest BCUT2D eigenvalue weighted by atomic mass is 32.1. The molecule has 126 valence electrons. The Hall–Kier alpha value is -2.66. The molecular formula is C20H18N2O2S. The second kappa shape index (κ2) is 6.69. The summed E-state index contributed by atoms with van der Waals surface area (Å²) < 4.78 is 0. The normalized spacial score (nSPS) is 14.0. The van der Waals surface area contributed by atoms with Crippen molar-refractivity contribution in [2.24, 2.45) is 0 Å². The summed E-state index contributed by atoms with van der Waals surface area (Å²) in [6.07, 6.45) is 2.54. The van der Waals surface area contributed by atoms with Crippen LogP contribution in [0.2, 0.25) is 0 Å². The fourth-order valence-corrected chi connectivity index (χ4v) is 3.97. The summed E-state index contributed by atoms with van der Waals surface area (Å²) in [5.41, 5.74) is 4.40. The van der Waals surface area contributed by atoms with E-state index in [2.05, 4.69) is 29.2 Å². The first kappa shape index (κ1) is 15.8. The van der Waals surface area contributed by atoms with Crippen molar-refractivity contribution in [1.82, 2.24) is 4.98 Å². The maximum atomic E-state index is 11.1. The highest BCUT2D eigenvalue weighted by molar-refractivity contribution is 7.13. The molecule has 0 spiro atoms. The molecule has 0 amide bonds. The molecule has 1 N–H and O–H groups in total. The van der Waals surface area contributed by atoms with Crippen molar-refractivity contribution >= 4 is 23.0 Å². The highest BCUT2D eigenvalue weighted by Gasteiger charge is 2.13. The van der Waals surface area contributed by atoms with Crippen LogP contribution in [0.4, 0.5) is 5.69 Å². The third-order valence-corrected chi connectivity index (χ3v) is 5.39. The number of carboxylic acid groups (broad SMARTS) is 1. The van der Waals surface area contributed by atoms with Crippen molar-refractivity contribution in [1.29, 1.82) is 0 Å². The lowest BCUT2D eigenvalue weighted by Crippen LogP contribution is -2.17. The number of rotatable bonds is 4. The molecule has 1 fully saturated rings. The second-order valence-corrected chi connectivity index (χ2v) is 7.02. The summed E-state index contributed by atoms with van der Waals surface area (Å²) in [6, 6.07) is 15.4. The maximum absolute atomic E-state index is 11.1. The highest BCUT2D eigenvalue weighted by Crippen LogP contribution is 2.30. The number of hydrogen-bond donors (Lipinski definition) is 1. The van der Waals surface area contributed by atoms with Crippen molar-refractivity contribution < 1.29 is 9.90 Å². The van der Waals surface area contributed by atoms with E-state index in [4.69, 9.17) is 10.1 Å². The molecule has 1 aromatic heterocycles. The number of anilines is 1. The summed E-state index contributed by atoms with van der Waals surface area (Å²) >= 11 is 1.53. The fourth-order valence-electron chi connectivity index (χ4n) is 3.14. The molecule has 3 aromatic rings. The van der Waals surface area contributed by atoms with E-state index in [1.807, 2.05) is 11.4 Å². The summed E-state index contributed by atoms with van der Waals surface area (Å²) in [5, 5.41) is 12.0. The predicted octanol–water partition coefficient (Wildman–Crippen LogP) is 4.78. The van der Waals surface area contributed by atoms with Gasteiger partial charge in [0.25, 0.3) is 0 Å². The van der Waals surface area contributed by atoms with Crippen LogP contribution in [-0.2, 0) is 0 Å². The number of aromatic carboxylic acids is 1. The summed E-state index contributed by atoms with van der Waals surface area (Å²) in [4.78, 5) is 18.2. The number of carbonyl (C=O) groups is 1. The number of carboxylic acids is 1. The number of nitrogens with zero attached hydrogens (tertiary/aromatic N) is 2. The minimum Gasteiger partial charge on any atom is -0.478 e. The monoisotopic (exact) mass is 350 g/mol. The van der Waals surface area contributed by atoms with Gasteiger partial charge >= 0.3 is 5.97 Å². The van der Waals surface area contributed by atoms with Crippen LogP contribution in [0.15, 0.2) is 53.9 Å². The minimum absolute atomic E-state index is 0.282. The molecule has 4 rings (SSSR count). The maximum Gasteiger partial charge on any atom is 0.335 e. The zero-order valence-electron chi connectivity index (χ0n) is 13.7. The molecule has 0 atom stereocenters. The number of benzene rings is 2. The van der Waals surface area contributed by atoms with Gasteiger partial charge in [0.1, 0.15) is 5.01 Å². The average Bonchev–Trinajstić information content (AvgIpc) is 3.34. The quantitative estimate of drug-likeness (QED) is 0.736. The van der Waals surface area contributed by atoms with Gasteiger partial charge < -0.3 is 10.0 Å². The number of hydrogen-bond acceptors (Lipinski definition) is 4. The first-order chi connectivity index (χ1) is 12.2. The van der Waals surface area contributed by atoms with E-state index in [9.17, 15) is 4.79 Å². The minimum atomic E-state index is -0.920. The Labute approximate surface area is 150 Å². The number of thiazole rings is 1.